The van der Waals surface area contributed by atoms with Gasteiger partial charge in [0.2, 0.25) is 0 Å². The Morgan fingerprint density at radius 2 is 1.76 bits per heavy atom. The van der Waals surface area contributed by atoms with E-state index in [0.29, 0.717) is 0 Å². The molecule has 5 nitrogen and oxygen atoms in total. The minimum atomic E-state index is -1.13. The van der Waals surface area contributed by atoms with Crippen LogP contribution in [0, 0.1) is 3.57 Å². The summed E-state index contributed by atoms with van der Waals surface area (Å²) in [5, 5.41) is 11.8. The second kappa shape index (κ2) is 6.59. The fourth-order valence-electron chi connectivity index (χ4n) is 1.59. The molecule has 0 spiro atoms. The number of carbonyl (C=O) groups excluding carboxylic acids is 1. The second-order valence-electron chi connectivity index (χ2n) is 3.95. The molecule has 0 atom stereocenters. The smallest absolute Gasteiger partial charge is 0.337 e. The van der Waals surface area contributed by atoms with Gasteiger partial charge in [0.25, 0.3) is 5.91 Å². The van der Waals surface area contributed by atoms with Gasteiger partial charge in [0.05, 0.1) is 11.3 Å². The Morgan fingerprint density at radius 3 is 2.33 bits per heavy atom. The van der Waals surface area contributed by atoms with Crippen molar-refractivity contribution < 1.29 is 14.7 Å². The average Bonchev–Trinajstić information content (AvgIpc) is 2.39. The van der Waals surface area contributed by atoms with Crippen molar-refractivity contribution in [2.75, 3.05) is 5.32 Å². The van der Waals surface area contributed by atoms with E-state index >= 15 is 0 Å². The third-order valence-corrected chi connectivity index (χ3v) is 3.54. The van der Waals surface area contributed by atoms with E-state index in [1.807, 2.05) is 22.6 Å². The monoisotopic (exact) mass is 436 g/mol. The van der Waals surface area contributed by atoms with E-state index in [2.05, 4.69) is 10.3 Å². The lowest BCUT2D eigenvalue weighted by molar-refractivity contribution is 0.0698. The molecule has 108 valence electrons. The average molecular weight is 437 g/mol. The van der Waals surface area contributed by atoms with Crippen molar-refractivity contribution in [3.8, 4) is 0 Å². The van der Waals surface area contributed by atoms with E-state index in [1.54, 1.807) is 6.07 Å². The number of rotatable bonds is 3. The van der Waals surface area contributed by atoms with E-state index in [1.165, 1.54) is 24.3 Å². The molecule has 1 aromatic heterocycles. The molecular weight excluding hydrogens is 430 g/mol. The van der Waals surface area contributed by atoms with Crippen LogP contribution < -0.4 is 5.32 Å². The first-order valence-corrected chi connectivity index (χ1v) is 7.37. The van der Waals surface area contributed by atoms with Crippen molar-refractivity contribution in [1.82, 2.24) is 4.98 Å². The number of pyridine rings is 1. The number of carbonyl (C=O) groups is 2. The van der Waals surface area contributed by atoms with Gasteiger partial charge in [-0.05, 0) is 52.9 Å². The molecule has 0 aliphatic rings. The molecule has 8 heteroatoms. The zero-order chi connectivity index (χ0) is 15.6. The van der Waals surface area contributed by atoms with Gasteiger partial charge in [0.15, 0.2) is 0 Å². The minimum Gasteiger partial charge on any atom is -0.478 e. The lowest BCUT2D eigenvalue weighted by Crippen LogP contribution is -2.15. The van der Waals surface area contributed by atoms with Gasteiger partial charge in [0, 0.05) is 9.13 Å². The zero-order valence-corrected chi connectivity index (χ0v) is 13.9. The number of nitrogens with zero attached hydrogens (tertiary/aromatic N) is 1. The standard InChI is InChI=1S/C13H7Cl2IN2O3/c14-10-3-6(4-11(15)18-10)12(19)17-9-2-1-7(16)5-8(9)13(20)21/h1-5H,(H,17,19)(H,20,21). The summed E-state index contributed by atoms with van der Waals surface area (Å²) in [6, 6.07) is 7.36. The molecule has 0 unspecified atom stereocenters. The van der Waals surface area contributed by atoms with Crippen LogP contribution >= 0.6 is 45.8 Å². The number of anilines is 1. The molecule has 0 aliphatic heterocycles. The van der Waals surface area contributed by atoms with Crippen molar-refractivity contribution in [2.24, 2.45) is 0 Å². The molecule has 2 aromatic rings. The summed E-state index contributed by atoms with van der Waals surface area (Å²) in [5.41, 5.74) is 0.383. The molecule has 0 aliphatic carbocycles. The molecular formula is C13H7Cl2IN2O3. The molecule has 2 rings (SSSR count). The summed E-state index contributed by atoms with van der Waals surface area (Å²) in [5.74, 6) is -1.65. The van der Waals surface area contributed by atoms with E-state index in [-0.39, 0.29) is 27.1 Å². The van der Waals surface area contributed by atoms with Crippen molar-refractivity contribution in [2.45, 2.75) is 0 Å². The highest BCUT2D eigenvalue weighted by molar-refractivity contribution is 14.1. The number of halogens is 3. The van der Waals surface area contributed by atoms with E-state index < -0.39 is 11.9 Å². The van der Waals surface area contributed by atoms with Gasteiger partial charge in [-0.2, -0.15) is 0 Å². The summed E-state index contributed by atoms with van der Waals surface area (Å²) in [7, 11) is 0. The number of carboxylic acid groups (broad SMARTS) is 1. The molecule has 21 heavy (non-hydrogen) atoms. The van der Waals surface area contributed by atoms with Crippen LogP contribution in [0.5, 0.6) is 0 Å². The van der Waals surface area contributed by atoms with Gasteiger partial charge in [-0.25, -0.2) is 9.78 Å². The molecule has 0 bridgehead atoms. The van der Waals surface area contributed by atoms with E-state index in [0.717, 1.165) is 3.57 Å². The molecule has 1 aromatic carbocycles. The lowest BCUT2D eigenvalue weighted by Gasteiger charge is -2.09. The minimum absolute atomic E-state index is 0.00139. The van der Waals surface area contributed by atoms with Crippen LogP contribution in [0.15, 0.2) is 30.3 Å². The number of hydrogen-bond donors (Lipinski definition) is 2. The summed E-state index contributed by atoms with van der Waals surface area (Å²) < 4.78 is 0.748. The second-order valence-corrected chi connectivity index (χ2v) is 5.97. The maximum absolute atomic E-state index is 12.1. The van der Waals surface area contributed by atoms with Gasteiger partial charge in [-0.15, -0.1) is 0 Å². The summed E-state index contributed by atoms with van der Waals surface area (Å²) in [4.78, 5) is 27.1. The third-order valence-electron chi connectivity index (χ3n) is 2.49. The quantitative estimate of drug-likeness (QED) is 0.564. The van der Waals surface area contributed by atoms with Crippen molar-refractivity contribution in [3.05, 3.63) is 55.3 Å². The molecule has 2 N–H and O–H groups in total. The number of aromatic nitrogens is 1. The molecule has 1 amide bonds. The Labute approximate surface area is 143 Å². The maximum Gasteiger partial charge on any atom is 0.337 e. The molecule has 0 fully saturated rings. The summed E-state index contributed by atoms with van der Waals surface area (Å²) >= 11 is 13.4. The lowest BCUT2D eigenvalue weighted by atomic mass is 10.1. The highest BCUT2D eigenvalue weighted by Gasteiger charge is 2.15. The highest BCUT2D eigenvalue weighted by atomic mass is 127. The van der Waals surface area contributed by atoms with Crippen molar-refractivity contribution in [3.63, 3.8) is 0 Å². The molecule has 0 radical (unpaired) electrons. The Bertz CT molecular complexity index is 717. The first kappa shape index (κ1) is 16.0. The fraction of sp³-hybridized carbons (Fsp3) is 0. The van der Waals surface area contributed by atoms with Crippen molar-refractivity contribution in [1.29, 1.82) is 0 Å². The molecule has 0 saturated carbocycles. The maximum atomic E-state index is 12.1. The third kappa shape index (κ3) is 4.05. The predicted molar refractivity (Wildman–Crippen MR) is 88.3 cm³/mol. The number of aromatic carboxylic acids is 1. The van der Waals surface area contributed by atoms with Gasteiger partial charge < -0.3 is 10.4 Å². The van der Waals surface area contributed by atoms with Crippen LogP contribution in [-0.4, -0.2) is 22.0 Å². The van der Waals surface area contributed by atoms with Gasteiger partial charge in [-0.1, -0.05) is 23.2 Å². The fourth-order valence-corrected chi connectivity index (χ4v) is 2.54. The Kier molecular flexibility index (Phi) is 5.02. The van der Waals surface area contributed by atoms with Crippen LogP contribution in [0.2, 0.25) is 10.3 Å². The number of benzene rings is 1. The van der Waals surface area contributed by atoms with E-state index in [9.17, 15) is 9.59 Å². The van der Waals surface area contributed by atoms with Crippen LogP contribution in [0.25, 0.3) is 0 Å². The van der Waals surface area contributed by atoms with Gasteiger partial charge in [-0.3, -0.25) is 4.79 Å². The van der Waals surface area contributed by atoms with Gasteiger partial charge >= 0.3 is 5.97 Å². The number of amides is 1. The SMILES string of the molecule is O=C(Nc1ccc(I)cc1C(=O)O)c1cc(Cl)nc(Cl)c1. The first-order chi connectivity index (χ1) is 9.86. The van der Waals surface area contributed by atoms with Gasteiger partial charge in [0.1, 0.15) is 10.3 Å². The zero-order valence-electron chi connectivity index (χ0n) is 10.2. The Balaban J connectivity index is 2.33. The van der Waals surface area contributed by atoms with Crippen LogP contribution in [0.1, 0.15) is 20.7 Å². The Hall–Kier alpha value is -1.38. The number of hydrogen-bond acceptors (Lipinski definition) is 3. The van der Waals surface area contributed by atoms with Crippen LogP contribution in [0.3, 0.4) is 0 Å². The van der Waals surface area contributed by atoms with Crippen molar-refractivity contribution >= 4 is 63.4 Å². The normalized spacial score (nSPS) is 10.2. The topological polar surface area (TPSA) is 79.3 Å². The predicted octanol–water partition coefficient (Wildman–Crippen LogP) is 3.94. The van der Waals surface area contributed by atoms with E-state index in [4.69, 9.17) is 28.3 Å². The molecule has 0 saturated heterocycles. The van der Waals surface area contributed by atoms with Crippen LogP contribution in [-0.2, 0) is 0 Å². The van der Waals surface area contributed by atoms with Crippen LogP contribution in [0.4, 0.5) is 5.69 Å². The molecule has 1 heterocycles. The summed E-state index contributed by atoms with van der Waals surface area (Å²) in [6.07, 6.45) is 0. The highest BCUT2D eigenvalue weighted by Crippen LogP contribution is 2.21. The Morgan fingerprint density at radius 1 is 1.14 bits per heavy atom. The largest absolute Gasteiger partial charge is 0.478 e. The summed E-state index contributed by atoms with van der Waals surface area (Å²) in [6.45, 7) is 0. The number of nitrogens with one attached hydrogen (secondary N) is 1. The number of carboxylic acids is 1. The first-order valence-electron chi connectivity index (χ1n) is 5.54.